The Bertz CT molecular complexity index is 182. The third-order valence-corrected chi connectivity index (χ3v) is 1.71. The molecular formula is C8H14F3NO2. The molecular weight excluding hydrogens is 199 g/mol. The Hall–Kier alpha value is -0.780. The van der Waals surface area contributed by atoms with Crippen LogP contribution in [0.2, 0.25) is 0 Å². The molecule has 0 aromatic carbocycles. The fourth-order valence-electron chi connectivity index (χ4n) is 0.856. The second-order valence-corrected chi connectivity index (χ2v) is 3.09. The van der Waals surface area contributed by atoms with Crippen molar-refractivity contribution in [2.75, 3.05) is 6.54 Å². The summed E-state index contributed by atoms with van der Waals surface area (Å²) in [5.41, 5.74) is 0. The van der Waals surface area contributed by atoms with E-state index >= 15 is 0 Å². The van der Waals surface area contributed by atoms with Gasteiger partial charge >= 0.3 is 12.1 Å². The summed E-state index contributed by atoms with van der Waals surface area (Å²) in [4.78, 5) is 10.3. The molecule has 0 aromatic heterocycles. The number of hydrogen-bond acceptors (Lipinski definition) is 2. The van der Waals surface area contributed by atoms with Crippen molar-refractivity contribution in [3.63, 3.8) is 0 Å². The monoisotopic (exact) mass is 213 g/mol. The first-order chi connectivity index (χ1) is 6.33. The van der Waals surface area contributed by atoms with Gasteiger partial charge in [0.2, 0.25) is 0 Å². The number of unbranched alkanes of at least 4 members (excludes halogenated alkanes) is 1. The largest absolute Gasteiger partial charge is 0.480 e. The summed E-state index contributed by atoms with van der Waals surface area (Å²) in [5, 5.41) is 11.0. The van der Waals surface area contributed by atoms with Crippen LogP contribution in [0.15, 0.2) is 0 Å². The molecule has 0 radical (unpaired) electrons. The van der Waals surface area contributed by atoms with Gasteiger partial charge in [-0.05, 0) is 26.3 Å². The maximum atomic E-state index is 11.7. The van der Waals surface area contributed by atoms with E-state index in [-0.39, 0.29) is 6.42 Å². The van der Waals surface area contributed by atoms with Gasteiger partial charge in [0.1, 0.15) is 6.04 Å². The van der Waals surface area contributed by atoms with Crippen molar-refractivity contribution in [1.82, 2.24) is 5.32 Å². The van der Waals surface area contributed by atoms with Gasteiger partial charge in [-0.2, -0.15) is 13.2 Å². The van der Waals surface area contributed by atoms with E-state index in [0.29, 0.717) is 13.0 Å². The highest BCUT2D eigenvalue weighted by Crippen LogP contribution is 2.21. The highest BCUT2D eigenvalue weighted by atomic mass is 19.4. The predicted octanol–water partition coefficient (Wildman–Crippen LogP) is 1.78. The Morgan fingerprint density at radius 2 is 2.00 bits per heavy atom. The molecule has 0 spiro atoms. The highest BCUT2D eigenvalue weighted by Gasteiger charge is 2.25. The minimum absolute atomic E-state index is 0.0306. The molecule has 0 rings (SSSR count). The van der Waals surface area contributed by atoms with E-state index in [1.807, 2.05) is 0 Å². The second-order valence-electron chi connectivity index (χ2n) is 3.09. The Morgan fingerprint density at radius 3 is 2.43 bits per heavy atom. The molecule has 0 saturated carbocycles. The molecule has 2 N–H and O–H groups in total. The van der Waals surface area contributed by atoms with Crippen molar-refractivity contribution >= 4 is 5.97 Å². The van der Waals surface area contributed by atoms with Gasteiger partial charge in [0.15, 0.2) is 0 Å². The van der Waals surface area contributed by atoms with Gasteiger partial charge in [0, 0.05) is 6.42 Å². The quantitative estimate of drug-likeness (QED) is 0.661. The van der Waals surface area contributed by atoms with Crippen molar-refractivity contribution in [1.29, 1.82) is 0 Å². The van der Waals surface area contributed by atoms with Crippen LogP contribution in [0.25, 0.3) is 0 Å². The lowest BCUT2D eigenvalue weighted by atomic mass is 10.2. The second kappa shape index (κ2) is 5.85. The number of rotatable bonds is 6. The summed E-state index contributed by atoms with van der Waals surface area (Å²) in [6.45, 7) is 1.75. The Kier molecular flexibility index (Phi) is 5.52. The molecule has 0 bridgehead atoms. The average molecular weight is 213 g/mol. The minimum atomic E-state index is -4.11. The molecule has 0 saturated heterocycles. The van der Waals surface area contributed by atoms with Gasteiger partial charge in [-0.25, -0.2) is 0 Å². The standard InChI is InChI=1S/C8H14F3NO2/c1-6(7(13)14)12-5-3-2-4-8(9,10)11/h6,12H,2-5H2,1H3,(H,13,14). The third-order valence-electron chi connectivity index (χ3n) is 1.71. The van der Waals surface area contributed by atoms with Gasteiger partial charge in [-0.3, -0.25) is 4.79 Å². The molecule has 0 amide bonds. The van der Waals surface area contributed by atoms with Gasteiger partial charge in [0.05, 0.1) is 0 Å². The summed E-state index contributed by atoms with van der Waals surface area (Å²) >= 11 is 0. The summed E-state index contributed by atoms with van der Waals surface area (Å²) in [6, 6.07) is -0.708. The number of alkyl halides is 3. The molecule has 6 heteroatoms. The lowest BCUT2D eigenvalue weighted by Crippen LogP contribution is -2.34. The van der Waals surface area contributed by atoms with Crippen LogP contribution in [0.5, 0.6) is 0 Å². The van der Waals surface area contributed by atoms with E-state index in [4.69, 9.17) is 5.11 Å². The van der Waals surface area contributed by atoms with E-state index in [1.165, 1.54) is 6.92 Å². The van der Waals surface area contributed by atoms with Crippen LogP contribution in [0.1, 0.15) is 26.2 Å². The van der Waals surface area contributed by atoms with Crippen LogP contribution >= 0.6 is 0 Å². The van der Waals surface area contributed by atoms with E-state index in [9.17, 15) is 18.0 Å². The molecule has 0 fully saturated rings. The lowest BCUT2D eigenvalue weighted by Gasteiger charge is -2.09. The SMILES string of the molecule is CC(NCCCCC(F)(F)F)C(=O)O. The number of aliphatic carboxylic acids is 1. The van der Waals surface area contributed by atoms with Crippen LogP contribution in [0.3, 0.4) is 0 Å². The number of carbonyl (C=O) groups is 1. The smallest absolute Gasteiger partial charge is 0.389 e. The molecule has 0 aromatic rings. The first kappa shape index (κ1) is 13.2. The van der Waals surface area contributed by atoms with Crippen molar-refractivity contribution in [3.8, 4) is 0 Å². The number of carboxylic acids is 1. The predicted molar refractivity (Wildman–Crippen MR) is 45.0 cm³/mol. The molecule has 1 unspecified atom stereocenters. The van der Waals surface area contributed by atoms with Crippen LogP contribution < -0.4 is 5.32 Å². The first-order valence-electron chi connectivity index (χ1n) is 4.36. The van der Waals surface area contributed by atoms with Crippen LogP contribution in [0.4, 0.5) is 13.2 Å². The summed E-state index contributed by atoms with van der Waals surface area (Å²) in [5.74, 6) is -0.999. The average Bonchev–Trinajstić information content (AvgIpc) is 2.01. The van der Waals surface area contributed by atoms with Gasteiger partial charge < -0.3 is 10.4 Å². The van der Waals surface area contributed by atoms with Gasteiger partial charge in [-0.15, -0.1) is 0 Å². The van der Waals surface area contributed by atoms with E-state index in [2.05, 4.69) is 5.32 Å². The maximum absolute atomic E-state index is 11.7. The summed E-state index contributed by atoms with van der Waals surface area (Å²) in [6.07, 6.45) is -4.56. The summed E-state index contributed by atoms with van der Waals surface area (Å²) < 4.78 is 35.0. The minimum Gasteiger partial charge on any atom is -0.480 e. The van der Waals surface area contributed by atoms with E-state index < -0.39 is 24.6 Å². The fraction of sp³-hybridized carbons (Fsp3) is 0.875. The maximum Gasteiger partial charge on any atom is 0.389 e. The molecule has 0 aliphatic carbocycles. The molecule has 0 aliphatic rings. The Morgan fingerprint density at radius 1 is 1.43 bits per heavy atom. The van der Waals surface area contributed by atoms with Gasteiger partial charge in [-0.1, -0.05) is 0 Å². The highest BCUT2D eigenvalue weighted by molar-refractivity contribution is 5.72. The van der Waals surface area contributed by atoms with Crippen molar-refractivity contribution < 1.29 is 23.1 Å². The number of carboxylic acid groups (broad SMARTS) is 1. The fourth-order valence-corrected chi connectivity index (χ4v) is 0.856. The molecule has 0 heterocycles. The zero-order valence-corrected chi connectivity index (χ0v) is 7.90. The van der Waals surface area contributed by atoms with Gasteiger partial charge in [0.25, 0.3) is 0 Å². The van der Waals surface area contributed by atoms with Crippen LogP contribution in [-0.2, 0) is 4.79 Å². The number of hydrogen-bond donors (Lipinski definition) is 2. The number of nitrogens with one attached hydrogen (secondary N) is 1. The molecule has 3 nitrogen and oxygen atoms in total. The topological polar surface area (TPSA) is 49.3 Å². The van der Waals surface area contributed by atoms with Crippen LogP contribution in [0, 0.1) is 0 Å². The molecule has 14 heavy (non-hydrogen) atoms. The third kappa shape index (κ3) is 7.85. The first-order valence-corrected chi connectivity index (χ1v) is 4.36. The van der Waals surface area contributed by atoms with Crippen molar-refractivity contribution in [2.45, 2.75) is 38.4 Å². The van der Waals surface area contributed by atoms with E-state index in [0.717, 1.165) is 0 Å². The van der Waals surface area contributed by atoms with Crippen molar-refractivity contribution in [2.24, 2.45) is 0 Å². The molecule has 84 valence electrons. The Labute approximate surface area is 80.3 Å². The zero-order valence-electron chi connectivity index (χ0n) is 7.90. The normalized spacial score (nSPS) is 14.0. The molecule has 0 aliphatic heterocycles. The zero-order chi connectivity index (χ0) is 11.2. The van der Waals surface area contributed by atoms with Crippen molar-refractivity contribution in [3.05, 3.63) is 0 Å². The van der Waals surface area contributed by atoms with Crippen LogP contribution in [-0.4, -0.2) is 29.8 Å². The Balaban J connectivity index is 3.35. The lowest BCUT2D eigenvalue weighted by molar-refractivity contribution is -0.139. The van der Waals surface area contributed by atoms with E-state index in [1.54, 1.807) is 0 Å². The molecule has 1 atom stereocenters. The summed E-state index contributed by atoms with van der Waals surface area (Å²) in [7, 11) is 0. The number of halogens is 3.